The van der Waals surface area contributed by atoms with Crippen LogP contribution in [0, 0.1) is 5.41 Å². The van der Waals surface area contributed by atoms with Crippen LogP contribution in [0.4, 0.5) is 0 Å². The number of rotatable bonds is 11. The van der Waals surface area contributed by atoms with E-state index in [-0.39, 0.29) is 0 Å². The van der Waals surface area contributed by atoms with E-state index in [9.17, 15) is 0 Å². The lowest BCUT2D eigenvalue weighted by molar-refractivity contribution is -0.00232. The van der Waals surface area contributed by atoms with Crippen LogP contribution in [0.15, 0.2) is 54.6 Å². The van der Waals surface area contributed by atoms with Crippen molar-refractivity contribution < 1.29 is 9.47 Å². The molecule has 158 valence electrons. The van der Waals surface area contributed by atoms with Crippen LogP contribution in [0.25, 0.3) is 0 Å². The molecule has 2 aromatic carbocycles. The summed E-state index contributed by atoms with van der Waals surface area (Å²) in [5.41, 5.74) is 4.53. The highest BCUT2D eigenvalue weighted by molar-refractivity contribution is 5.23. The third-order valence-corrected chi connectivity index (χ3v) is 6.34. The molecule has 0 atom stereocenters. The monoisotopic (exact) mass is 395 g/mol. The zero-order valence-corrected chi connectivity index (χ0v) is 18.2. The molecule has 3 rings (SSSR count). The van der Waals surface area contributed by atoms with E-state index in [4.69, 9.17) is 9.47 Å². The Bertz CT molecular complexity index is 690. The molecule has 3 nitrogen and oxygen atoms in total. The molecule has 0 amide bonds. The fourth-order valence-electron chi connectivity index (χ4n) is 4.31. The first-order valence-corrected chi connectivity index (χ1v) is 11.1. The lowest BCUT2D eigenvalue weighted by Gasteiger charge is -2.42. The first-order valence-electron chi connectivity index (χ1n) is 11.1. The minimum absolute atomic E-state index is 0.326. The molecule has 0 unspecified atom stereocenters. The summed E-state index contributed by atoms with van der Waals surface area (Å²) in [5.74, 6) is 0. The van der Waals surface area contributed by atoms with Crippen molar-refractivity contribution in [3.8, 4) is 0 Å². The highest BCUT2D eigenvalue weighted by atomic mass is 16.5. The predicted molar refractivity (Wildman–Crippen MR) is 120 cm³/mol. The molecule has 1 saturated heterocycles. The smallest absolute Gasteiger partial charge is 0.0523 e. The lowest BCUT2D eigenvalue weighted by Crippen LogP contribution is -2.42. The number of benzene rings is 2. The zero-order chi connectivity index (χ0) is 20.4. The normalized spacial score (nSPS) is 16.8. The maximum absolute atomic E-state index is 5.93. The van der Waals surface area contributed by atoms with E-state index < -0.39 is 0 Å². The van der Waals surface area contributed by atoms with Gasteiger partial charge in [0.05, 0.1) is 13.2 Å². The van der Waals surface area contributed by atoms with E-state index in [1.165, 1.54) is 36.0 Å². The molecule has 1 aliphatic rings. The van der Waals surface area contributed by atoms with Crippen molar-refractivity contribution in [2.24, 2.45) is 5.41 Å². The Morgan fingerprint density at radius 2 is 1.52 bits per heavy atom. The molecule has 0 bridgehead atoms. The Kier molecular flexibility index (Phi) is 8.72. The van der Waals surface area contributed by atoms with Crippen molar-refractivity contribution in [3.63, 3.8) is 0 Å². The van der Waals surface area contributed by atoms with Crippen LogP contribution in [-0.2, 0) is 28.9 Å². The van der Waals surface area contributed by atoms with Gasteiger partial charge in [0.25, 0.3) is 0 Å². The van der Waals surface area contributed by atoms with Gasteiger partial charge in [-0.15, -0.1) is 0 Å². The predicted octanol–water partition coefficient (Wildman–Crippen LogP) is 5.13. The van der Waals surface area contributed by atoms with Crippen LogP contribution in [0.3, 0.4) is 0 Å². The number of ether oxygens (including phenoxy) is 2. The summed E-state index contributed by atoms with van der Waals surface area (Å²) in [5, 5.41) is 0. The van der Waals surface area contributed by atoms with Crippen LogP contribution in [0.2, 0.25) is 0 Å². The van der Waals surface area contributed by atoms with Gasteiger partial charge in [-0.2, -0.15) is 0 Å². The van der Waals surface area contributed by atoms with Crippen molar-refractivity contribution in [2.45, 2.75) is 45.6 Å². The van der Waals surface area contributed by atoms with Crippen LogP contribution in [0.1, 0.15) is 42.9 Å². The Morgan fingerprint density at radius 3 is 2.17 bits per heavy atom. The Morgan fingerprint density at radius 1 is 0.862 bits per heavy atom. The van der Waals surface area contributed by atoms with Crippen molar-refractivity contribution in [1.82, 2.24) is 4.90 Å². The standard InChI is InChI=1S/C26H37NO2/c1-3-29-22-26(15-13-23-7-5-4-6-8-23)16-18-27(19-17-26)21-25-11-9-24(10-12-25)14-20-28-2/h4-12H,3,13-22H2,1-2H3. The summed E-state index contributed by atoms with van der Waals surface area (Å²) in [6.45, 7) is 7.98. The number of hydrogen-bond donors (Lipinski definition) is 0. The molecule has 0 spiro atoms. The molecule has 0 N–H and O–H groups in total. The molecule has 0 aliphatic carbocycles. The van der Waals surface area contributed by atoms with Gasteiger partial charge in [0.2, 0.25) is 0 Å². The number of likely N-dealkylation sites (tertiary alicyclic amines) is 1. The molecule has 2 aromatic rings. The second-order valence-corrected chi connectivity index (χ2v) is 8.46. The van der Waals surface area contributed by atoms with Crippen molar-refractivity contribution in [1.29, 1.82) is 0 Å². The summed E-state index contributed by atoms with van der Waals surface area (Å²) in [4.78, 5) is 2.61. The van der Waals surface area contributed by atoms with Gasteiger partial charge in [-0.05, 0) is 74.2 Å². The molecular weight excluding hydrogens is 358 g/mol. The average Bonchev–Trinajstić information content (AvgIpc) is 2.78. The van der Waals surface area contributed by atoms with Gasteiger partial charge in [-0.3, -0.25) is 4.90 Å². The van der Waals surface area contributed by atoms with Gasteiger partial charge >= 0.3 is 0 Å². The van der Waals surface area contributed by atoms with Crippen molar-refractivity contribution >= 4 is 0 Å². The maximum Gasteiger partial charge on any atom is 0.0523 e. The van der Waals surface area contributed by atoms with E-state index in [2.05, 4.69) is 66.4 Å². The Balaban J connectivity index is 1.52. The molecule has 0 aromatic heterocycles. The van der Waals surface area contributed by atoms with Gasteiger partial charge in [0.15, 0.2) is 0 Å². The second-order valence-electron chi connectivity index (χ2n) is 8.46. The zero-order valence-electron chi connectivity index (χ0n) is 18.2. The lowest BCUT2D eigenvalue weighted by atomic mass is 9.74. The summed E-state index contributed by atoms with van der Waals surface area (Å²) in [6, 6.07) is 19.9. The van der Waals surface area contributed by atoms with Crippen LogP contribution in [-0.4, -0.2) is 44.9 Å². The van der Waals surface area contributed by atoms with E-state index in [1.807, 2.05) is 0 Å². The van der Waals surface area contributed by atoms with E-state index in [0.717, 1.165) is 52.3 Å². The molecule has 1 aliphatic heterocycles. The van der Waals surface area contributed by atoms with Gasteiger partial charge in [-0.25, -0.2) is 0 Å². The molecule has 0 radical (unpaired) electrons. The van der Waals surface area contributed by atoms with E-state index in [0.29, 0.717) is 5.41 Å². The van der Waals surface area contributed by atoms with Crippen molar-refractivity contribution in [3.05, 3.63) is 71.3 Å². The molecule has 1 fully saturated rings. The highest BCUT2D eigenvalue weighted by Crippen LogP contribution is 2.37. The van der Waals surface area contributed by atoms with E-state index >= 15 is 0 Å². The summed E-state index contributed by atoms with van der Waals surface area (Å²) < 4.78 is 11.1. The number of aryl methyl sites for hydroxylation is 1. The van der Waals surface area contributed by atoms with Gasteiger partial charge in [-0.1, -0.05) is 54.6 Å². The third-order valence-electron chi connectivity index (χ3n) is 6.34. The summed E-state index contributed by atoms with van der Waals surface area (Å²) in [7, 11) is 1.76. The highest BCUT2D eigenvalue weighted by Gasteiger charge is 2.34. The third kappa shape index (κ3) is 6.95. The quantitative estimate of drug-likeness (QED) is 0.527. The topological polar surface area (TPSA) is 21.7 Å². The van der Waals surface area contributed by atoms with Crippen LogP contribution < -0.4 is 0 Å². The molecule has 29 heavy (non-hydrogen) atoms. The minimum Gasteiger partial charge on any atom is -0.384 e. The maximum atomic E-state index is 5.93. The molecule has 0 saturated carbocycles. The molecular formula is C26H37NO2. The number of piperidine rings is 1. The first-order chi connectivity index (χ1) is 14.2. The summed E-state index contributed by atoms with van der Waals surface area (Å²) >= 11 is 0. The van der Waals surface area contributed by atoms with Crippen LogP contribution >= 0.6 is 0 Å². The Hall–Kier alpha value is -1.68. The fraction of sp³-hybridized carbons (Fsp3) is 0.538. The summed E-state index contributed by atoms with van der Waals surface area (Å²) in [6.07, 6.45) is 5.81. The molecule has 3 heteroatoms. The number of hydrogen-bond acceptors (Lipinski definition) is 3. The largest absolute Gasteiger partial charge is 0.384 e. The van der Waals surface area contributed by atoms with Gasteiger partial charge in [0, 0.05) is 20.3 Å². The number of nitrogens with zero attached hydrogens (tertiary/aromatic N) is 1. The second kappa shape index (κ2) is 11.5. The van der Waals surface area contributed by atoms with E-state index in [1.54, 1.807) is 7.11 Å². The SMILES string of the molecule is CCOCC1(CCc2ccccc2)CCN(Cc2ccc(CCOC)cc2)CC1. The first kappa shape index (κ1) is 22.0. The van der Waals surface area contributed by atoms with Crippen molar-refractivity contribution in [2.75, 3.05) is 40.0 Å². The fourth-order valence-corrected chi connectivity index (χ4v) is 4.31. The number of methoxy groups -OCH3 is 1. The minimum atomic E-state index is 0.326. The van der Waals surface area contributed by atoms with Gasteiger partial charge in [0.1, 0.15) is 0 Å². The Labute approximate surface area is 177 Å². The molecule has 1 heterocycles. The van der Waals surface area contributed by atoms with Crippen LogP contribution in [0.5, 0.6) is 0 Å². The average molecular weight is 396 g/mol. The van der Waals surface area contributed by atoms with Gasteiger partial charge < -0.3 is 9.47 Å².